The number of hydrogen-bond acceptors (Lipinski definition) is 3. The summed E-state index contributed by atoms with van der Waals surface area (Å²) in [6.45, 7) is 0. The topological polar surface area (TPSA) is 27.7 Å². The monoisotopic (exact) mass is 564 g/mol. The average Bonchev–Trinajstić information content (AvgIpc) is 2.86. The summed E-state index contributed by atoms with van der Waals surface area (Å²) < 4.78 is 16.5. The molecule has 0 spiro atoms. The molecule has 0 amide bonds. The predicted molar refractivity (Wildman–Crippen MR) is 156 cm³/mol. The Morgan fingerprint density at radius 1 is 0.353 bits per heavy atom. The van der Waals surface area contributed by atoms with E-state index in [1.54, 1.807) is 21.3 Å². The van der Waals surface area contributed by atoms with E-state index < -0.39 is 8.80 Å². The lowest BCUT2D eigenvalue weighted by molar-refractivity contribution is 0.122. The fraction of sp³-hybridized carbons (Fsp3) is 1.00. The second-order valence-corrected chi connectivity index (χ2v) is 14.1. The van der Waals surface area contributed by atoms with Crippen LogP contribution in [0.1, 0.15) is 154 Å². The summed E-state index contributed by atoms with van der Waals surface area (Å²) in [6, 6.07) is 0.939. The summed E-state index contributed by atoms with van der Waals surface area (Å²) >= 11 is 3.51. The molecular formula is C29H61BrO3Si. The van der Waals surface area contributed by atoms with Gasteiger partial charge in [-0.15, -0.1) is 0 Å². The van der Waals surface area contributed by atoms with Gasteiger partial charge in [0.2, 0.25) is 0 Å². The van der Waals surface area contributed by atoms with Gasteiger partial charge < -0.3 is 13.3 Å². The molecule has 0 saturated heterocycles. The fourth-order valence-corrected chi connectivity index (χ4v) is 7.07. The molecule has 3 nitrogen and oxygen atoms in total. The molecule has 0 aromatic heterocycles. The van der Waals surface area contributed by atoms with Crippen molar-refractivity contribution in [3.63, 3.8) is 0 Å². The minimum atomic E-state index is -2.34. The third-order valence-electron chi connectivity index (χ3n) is 7.30. The van der Waals surface area contributed by atoms with E-state index in [2.05, 4.69) is 15.9 Å². The summed E-state index contributed by atoms with van der Waals surface area (Å²) in [4.78, 5) is 0. The number of hydrogen-bond donors (Lipinski definition) is 0. The average molecular weight is 566 g/mol. The summed E-state index contributed by atoms with van der Waals surface area (Å²) in [5, 5.41) is 1.18. The van der Waals surface area contributed by atoms with E-state index in [4.69, 9.17) is 13.3 Å². The Kier molecular flexibility index (Phi) is 28.6. The van der Waals surface area contributed by atoms with Gasteiger partial charge in [0.1, 0.15) is 0 Å². The van der Waals surface area contributed by atoms with Crippen LogP contribution in [0.3, 0.4) is 0 Å². The highest BCUT2D eigenvalue weighted by Gasteiger charge is 2.36. The number of halogens is 1. The molecule has 5 heteroatoms. The lowest BCUT2D eigenvalue weighted by Crippen LogP contribution is -2.42. The van der Waals surface area contributed by atoms with Crippen molar-refractivity contribution in [2.45, 2.75) is 160 Å². The van der Waals surface area contributed by atoms with Crippen molar-refractivity contribution in [2.75, 3.05) is 26.7 Å². The van der Waals surface area contributed by atoms with Gasteiger partial charge in [-0.1, -0.05) is 157 Å². The zero-order chi connectivity index (χ0) is 25.0. The molecule has 0 rings (SSSR count). The third kappa shape index (κ3) is 23.0. The van der Waals surface area contributed by atoms with Gasteiger partial charge in [0.25, 0.3) is 0 Å². The van der Waals surface area contributed by atoms with Gasteiger partial charge in [0, 0.05) is 32.7 Å². The first-order chi connectivity index (χ1) is 16.7. The Balaban J connectivity index is 3.14. The van der Waals surface area contributed by atoms with E-state index in [0.717, 1.165) is 12.5 Å². The highest BCUT2D eigenvalue weighted by atomic mass is 79.9. The van der Waals surface area contributed by atoms with Crippen molar-refractivity contribution >= 4 is 24.7 Å². The Labute approximate surface area is 224 Å². The summed E-state index contributed by atoms with van der Waals surface area (Å²) in [5.41, 5.74) is 0. The second-order valence-electron chi connectivity index (χ2n) is 10.2. The van der Waals surface area contributed by atoms with Crippen LogP contribution >= 0.6 is 15.9 Å². The van der Waals surface area contributed by atoms with Crippen LogP contribution < -0.4 is 0 Å². The zero-order valence-corrected chi connectivity index (χ0v) is 26.1. The predicted octanol–water partition coefficient (Wildman–Crippen LogP) is 10.6. The van der Waals surface area contributed by atoms with E-state index in [9.17, 15) is 0 Å². The van der Waals surface area contributed by atoms with Gasteiger partial charge in [0.15, 0.2) is 0 Å². The molecule has 0 atom stereocenters. The van der Waals surface area contributed by atoms with Crippen LogP contribution in [-0.2, 0) is 13.3 Å². The van der Waals surface area contributed by atoms with Crippen LogP contribution in [0.15, 0.2) is 0 Å². The van der Waals surface area contributed by atoms with Crippen LogP contribution in [0, 0.1) is 0 Å². The Morgan fingerprint density at radius 3 is 0.765 bits per heavy atom. The van der Waals surface area contributed by atoms with Crippen molar-refractivity contribution in [2.24, 2.45) is 0 Å². The third-order valence-corrected chi connectivity index (χ3v) is 10.7. The second kappa shape index (κ2) is 28.2. The van der Waals surface area contributed by atoms with E-state index >= 15 is 0 Å². The Hall–Kier alpha value is 0.577. The van der Waals surface area contributed by atoms with Crippen LogP contribution in [0.5, 0.6) is 0 Å². The fourth-order valence-electron chi connectivity index (χ4n) is 4.88. The number of alkyl halides is 1. The summed E-state index contributed by atoms with van der Waals surface area (Å²) in [5.74, 6) is 0. The SMILES string of the molecule is CO[Si](CCCCCCCCCCCCCCCCCCCCCCCCCCBr)(OC)OC. The minimum absolute atomic E-state index is 0.939. The summed E-state index contributed by atoms with van der Waals surface area (Å²) in [7, 11) is 2.78. The van der Waals surface area contributed by atoms with Crippen LogP contribution in [-0.4, -0.2) is 35.5 Å². The van der Waals surface area contributed by atoms with Crippen LogP contribution in [0.4, 0.5) is 0 Å². The standard InChI is InChI=1S/C29H61BrO3Si/c1-31-34(32-2,33-3)29-27-25-23-21-19-17-15-13-11-9-7-5-4-6-8-10-12-14-16-18-20-22-24-26-28-30/h4-29H2,1-3H3. The molecule has 34 heavy (non-hydrogen) atoms. The molecule has 0 aromatic carbocycles. The van der Waals surface area contributed by atoms with Crippen LogP contribution in [0.25, 0.3) is 0 Å². The molecule has 0 N–H and O–H groups in total. The maximum absolute atomic E-state index is 5.48. The molecule has 0 aliphatic rings. The molecule has 0 bridgehead atoms. The molecule has 0 unspecified atom stereocenters. The lowest BCUT2D eigenvalue weighted by atomic mass is 10.0. The van der Waals surface area contributed by atoms with E-state index in [1.165, 1.54) is 153 Å². The molecule has 0 saturated carbocycles. The maximum atomic E-state index is 5.48. The number of unbranched alkanes of at least 4 members (excludes halogenated alkanes) is 23. The smallest absolute Gasteiger partial charge is 0.377 e. The van der Waals surface area contributed by atoms with Gasteiger partial charge >= 0.3 is 8.80 Å². The maximum Gasteiger partial charge on any atom is 0.500 e. The highest BCUT2D eigenvalue weighted by Crippen LogP contribution is 2.19. The molecule has 206 valence electrons. The largest absolute Gasteiger partial charge is 0.500 e. The molecular weight excluding hydrogens is 504 g/mol. The van der Waals surface area contributed by atoms with Crippen molar-refractivity contribution < 1.29 is 13.3 Å². The van der Waals surface area contributed by atoms with E-state index in [0.29, 0.717) is 0 Å². The van der Waals surface area contributed by atoms with Gasteiger partial charge in [-0.3, -0.25) is 0 Å². The quantitative estimate of drug-likeness (QED) is 0.0513. The van der Waals surface area contributed by atoms with Crippen LogP contribution in [0.2, 0.25) is 6.04 Å². The molecule has 0 heterocycles. The normalized spacial score (nSPS) is 12.0. The zero-order valence-electron chi connectivity index (χ0n) is 23.5. The Bertz CT molecular complexity index is 372. The van der Waals surface area contributed by atoms with E-state index in [-0.39, 0.29) is 0 Å². The first kappa shape index (κ1) is 34.6. The molecule has 0 aromatic rings. The molecule has 0 radical (unpaired) electrons. The first-order valence-corrected chi connectivity index (χ1v) is 18.0. The van der Waals surface area contributed by atoms with Gasteiger partial charge in [-0.2, -0.15) is 0 Å². The first-order valence-electron chi connectivity index (χ1n) is 15.0. The van der Waals surface area contributed by atoms with Crippen molar-refractivity contribution in [1.29, 1.82) is 0 Å². The lowest BCUT2D eigenvalue weighted by Gasteiger charge is -2.24. The summed E-state index contributed by atoms with van der Waals surface area (Å²) in [6.07, 6.45) is 34.1. The van der Waals surface area contributed by atoms with Gasteiger partial charge in [0.05, 0.1) is 0 Å². The Morgan fingerprint density at radius 2 is 0.559 bits per heavy atom. The van der Waals surface area contributed by atoms with Crippen molar-refractivity contribution in [3.05, 3.63) is 0 Å². The highest BCUT2D eigenvalue weighted by molar-refractivity contribution is 9.09. The molecule has 0 aliphatic heterocycles. The number of rotatable bonds is 29. The molecule has 0 fully saturated rings. The van der Waals surface area contributed by atoms with Gasteiger partial charge in [-0.25, -0.2) is 0 Å². The molecule has 0 aliphatic carbocycles. The van der Waals surface area contributed by atoms with E-state index in [1.807, 2.05) is 0 Å². The van der Waals surface area contributed by atoms with Crippen molar-refractivity contribution in [3.8, 4) is 0 Å². The van der Waals surface area contributed by atoms with Crippen molar-refractivity contribution in [1.82, 2.24) is 0 Å². The van der Waals surface area contributed by atoms with Gasteiger partial charge in [-0.05, 0) is 12.8 Å². The minimum Gasteiger partial charge on any atom is -0.377 e.